The van der Waals surface area contributed by atoms with Crippen LogP contribution in [0, 0.1) is 0 Å². The second-order valence-corrected chi connectivity index (χ2v) is 4.88. The summed E-state index contributed by atoms with van der Waals surface area (Å²) in [5.74, 6) is 0.889. The van der Waals surface area contributed by atoms with E-state index in [1.54, 1.807) is 13.2 Å². The average Bonchev–Trinajstić information content (AvgIpc) is 2.43. The molecule has 0 aliphatic heterocycles. The van der Waals surface area contributed by atoms with Crippen molar-refractivity contribution in [1.29, 1.82) is 0 Å². The highest BCUT2D eigenvalue weighted by molar-refractivity contribution is 9.10. The highest BCUT2D eigenvalue weighted by Gasteiger charge is 2.13. The number of hydrogen-bond donors (Lipinski definition) is 2. The lowest BCUT2D eigenvalue weighted by molar-refractivity contribution is -0.122. The number of nitrogens with one attached hydrogen (secondary N) is 2. The zero-order valence-corrected chi connectivity index (χ0v) is 13.2. The Labute approximate surface area is 127 Å². The van der Waals surface area contributed by atoms with Crippen LogP contribution in [0.4, 0.5) is 0 Å². The van der Waals surface area contributed by atoms with Crippen molar-refractivity contribution in [2.45, 2.75) is 6.54 Å². The number of halogens is 1. The van der Waals surface area contributed by atoms with Crippen molar-refractivity contribution in [2.24, 2.45) is 0 Å². The number of benzene rings is 1. The number of hydrogen-bond acceptors (Lipinski definition) is 4. The van der Waals surface area contributed by atoms with Crippen LogP contribution in [-0.2, 0) is 11.3 Å². The number of ether oxygens (including phenoxy) is 2. The Bertz CT molecular complexity index is 478. The van der Waals surface area contributed by atoms with E-state index in [-0.39, 0.29) is 12.5 Å². The lowest BCUT2D eigenvalue weighted by Gasteiger charge is -2.14. The van der Waals surface area contributed by atoms with Crippen LogP contribution in [0.15, 0.2) is 29.3 Å². The highest BCUT2D eigenvalue weighted by atomic mass is 79.9. The number of methoxy groups -OCH3 is 1. The minimum absolute atomic E-state index is 0.0752. The van der Waals surface area contributed by atoms with Gasteiger partial charge in [0.2, 0.25) is 0 Å². The fourth-order valence-electron chi connectivity index (χ4n) is 1.59. The summed E-state index contributed by atoms with van der Waals surface area (Å²) >= 11 is 3.43. The van der Waals surface area contributed by atoms with Gasteiger partial charge >= 0.3 is 0 Å². The highest BCUT2D eigenvalue weighted by Crippen LogP contribution is 2.36. The summed E-state index contributed by atoms with van der Waals surface area (Å²) in [4.78, 5) is 11.5. The summed E-state index contributed by atoms with van der Waals surface area (Å²) in [5.41, 5.74) is 1.06. The topological polar surface area (TPSA) is 59.6 Å². The van der Waals surface area contributed by atoms with Gasteiger partial charge in [0.05, 0.1) is 11.6 Å². The minimum atomic E-state index is -0.210. The lowest BCUT2D eigenvalue weighted by Crippen LogP contribution is -2.28. The third-order valence-electron chi connectivity index (χ3n) is 2.46. The molecular formula is C14H19BrN2O3. The molecule has 0 aromatic heterocycles. The Morgan fingerprint density at radius 2 is 2.25 bits per heavy atom. The summed E-state index contributed by atoms with van der Waals surface area (Å²) in [5, 5.41) is 5.71. The predicted molar refractivity (Wildman–Crippen MR) is 82.2 cm³/mol. The van der Waals surface area contributed by atoms with E-state index in [9.17, 15) is 4.79 Å². The van der Waals surface area contributed by atoms with E-state index in [2.05, 4.69) is 33.1 Å². The first-order valence-corrected chi connectivity index (χ1v) is 6.93. The van der Waals surface area contributed by atoms with Crippen molar-refractivity contribution in [3.63, 3.8) is 0 Å². The molecule has 2 N–H and O–H groups in total. The number of carbonyl (C=O) groups is 1. The van der Waals surface area contributed by atoms with Gasteiger partial charge in [-0.1, -0.05) is 6.08 Å². The molecule has 1 aromatic rings. The van der Waals surface area contributed by atoms with Crippen molar-refractivity contribution < 1.29 is 14.3 Å². The Kier molecular flexibility index (Phi) is 7.11. The number of carbonyl (C=O) groups excluding carboxylic acids is 1. The lowest BCUT2D eigenvalue weighted by atomic mass is 10.2. The van der Waals surface area contributed by atoms with Crippen molar-refractivity contribution in [1.82, 2.24) is 10.6 Å². The van der Waals surface area contributed by atoms with Crippen molar-refractivity contribution in [3.05, 3.63) is 34.8 Å². The van der Waals surface area contributed by atoms with Gasteiger partial charge in [-0.25, -0.2) is 0 Å². The Balaban J connectivity index is 2.78. The molecule has 1 amide bonds. The van der Waals surface area contributed by atoms with Gasteiger partial charge in [-0.3, -0.25) is 4.79 Å². The summed E-state index contributed by atoms with van der Waals surface area (Å²) < 4.78 is 11.6. The third kappa shape index (κ3) is 4.86. The summed E-state index contributed by atoms with van der Waals surface area (Å²) in [6.07, 6.45) is 1.61. The van der Waals surface area contributed by atoms with Gasteiger partial charge in [-0.2, -0.15) is 0 Å². The van der Waals surface area contributed by atoms with Crippen LogP contribution in [0.5, 0.6) is 11.5 Å². The smallest absolute Gasteiger partial charge is 0.258 e. The average molecular weight is 343 g/mol. The predicted octanol–water partition coefficient (Wildman–Crippen LogP) is 1.86. The van der Waals surface area contributed by atoms with Gasteiger partial charge in [-0.15, -0.1) is 6.58 Å². The standard InChI is InChI=1S/C14H19BrN2O3/c1-4-5-17-13(18)9-20-14-11(15)6-10(8-16-2)7-12(14)19-3/h4,6-7,16H,1,5,8-9H2,2-3H3,(H,17,18). The third-order valence-corrected chi connectivity index (χ3v) is 3.05. The summed E-state index contributed by atoms with van der Waals surface area (Å²) in [6.45, 7) is 4.59. The van der Waals surface area contributed by atoms with Gasteiger partial charge in [0.15, 0.2) is 18.1 Å². The minimum Gasteiger partial charge on any atom is -0.493 e. The molecule has 0 aliphatic rings. The van der Waals surface area contributed by atoms with E-state index < -0.39 is 0 Å². The molecule has 110 valence electrons. The SMILES string of the molecule is C=CCNC(=O)COc1c(Br)cc(CNC)cc1OC. The molecule has 0 radical (unpaired) electrons. The molecule has 6 heteroatoms. The molecule has 0 bridgehead atoms. The van der Waals surface area contributed by atoms with Crippen LogP contribution in [0.25, 0.3) is 0 Å². The normalized spacial score (nSPS) is 9.95. The second-order valence-electron chi connectivity index (χ2n) is 4.02. The first kappa shape index (κ1) is 16.5. The first-order valence-electron chi connectivity index (χ1n) is 6.13. The van der Waals surface area contributed by atoms with Crippen LogP contribution in [0.1, 0.15) is 5.56 Å². The Hall–Kier alpha value is -1.53. The van der Waals surface area contributed by atoms with Crippen molar-refractivity contribution in [3.8, 4) is 11.5 Å². The molecule has 0 fully saturated rings. The maximum atomic E-state index is 11.5. The zero-order valence-electron chi connectivity index (χ0n) is 11.7. The fourth-order valence-corrected chi connectivity index (χ4v) is 2.20. The van der Waals surface area contributed by atoms with Gasteiger partial charge in [0.25, 0.3) is 5.91 Å². The summed E-state index contributed by atoms with van der Waals surface area (Å²) in [6, 6.07) is 3.80. The molecule has 20 heavy (non-hydrogen) atoms. The fraction of sp³-hybridized carbons (Fsp3) is 0.357. The van der Waals surface area contributed by atoms with Crippen LogP contribution < -0.4 is 20.1 Å². The molecule has 0 unspecified atom stereocenters. The molecule has 1 rings (SSSR count). The van der Waals surface area contributed by atoms with E-state index >= 15 is 0 Å². The maximum absolute atomic E-state index is 11.5. The number of rotatable bonds is 8. The Morgan fingerprint density at radius 3 is 2.85 bits per heavy atom. The van der Waals surface area contributed by atoms with Gasteiger partial charge in [-0.05, 0) is 40.7 Å². The quantitative estimate of drug-likeness (QED) is 0.708. The van der Waals surface area contributed by atoms with Gasteiger partial charge < -0.3 is 20.1 Å². The molecule has 0 saturated carbocycles. The first-order chi connectivity index (χ1) is 9.62. The van der Waals surface area contributed by atoms with Crippen molar-refractivity contribution >= 4 is 21.8 Å². The monoisotopic (exact) mass is 342 g/mol. The largest absolute Gasteiger partial charge is 0.493 e. The summed E-state index contributed by atoms with van der Waals surface area (Å²) in [7, 11) is 3.43. The maximum Gasteiger partial charge on any atom is 0.258 e. The molecule has 0 heterocycles. The Morgan fingerprint density at radius 1 is 1.50 bits per heavy atom. The molecule has 5 nitrogen and oxygen atoms in total. The molecule has 0 spiro atoms. The van der Waals surface area contributed by atoms with E-state index in [0.29, 0.717) is 18.0 Å². The van der Waals surface area contributed by atoms with Crippen LogP contribution >= 0.6 is 15.9 Å². The molecule has 0 saturated heterocycles. The van der Waals surface area contributed by atoms with E-state index in [1.165, 1.54) is 0 Å². The zero-order chi connectivity index (χ0) is 15.0. The van der Waals surface area contributed by atoms with Crippen LogP contribution in [0.2, 0.25) is 0 Å². The van der Waals surface area contributed by atoms with E-state index in [0.717, 1.165) is 16.6 Å². The molecule has 0 aliphatic carbocycles. The van der Waals surface area contributed by atoms with Crippen LogP contribution in [0.3, 0.4) is 0 Å². The number of amides is 1. The molecule has 1 aromatic carbocycles. The van der Waals surface area contributed by atoms with Crippen molar-refractivity contribution in [2.75, 3.05) is 27.3 Å². The van der Waals surface area contributed by atoms with E-state index in [4.69, 9.17) is 9.47 Å². The van der Waals surface area contributed by atoms with E-state index in [1.807, 2.05) is 19.2 Å². The van der Waals surface area contributed by atoms with Gasteiger partial charge in [0, 0.05) is 13.1 Å². The second kappa shape index (κ2) is 8.60. The molecular weight excluding hydrogens is 324 g/mol. The van der Waals surface area contributed by atoms with Crippen LogP contribution in [-0.4, -0.2) is 33.2 Å². The molecule has 0 atom stereocenters. The van der Waals surface area contributed by atoms with Gasteiger partial charge in [0.1, 0.15) is 0 Å².